The van der Waals surface area contributed by atoms with E-state index in [0.717, 1.165) is 31.9 Å². The summed E-state index contributed by atoms with van der Waals surface area (Å²) in [6.07, 6.45) is 1.14. The quantitative estimate of drug-likeness (QED) is 0.727. The number of hydrogen-bond acceptors (Lipinski definition) is 5. The maximum Gasteiger partial charge on any atom is 0.220 e. The molecule has 1 aliphatic heterocycles. The maximum atomic E-state index is 12.3. The third kappa shape index (κ3) is 5.88. The zero-order chi connectivity index (χ0) is 18.9. The van der Waals surface area contributed by atoms with Crippen LogP contribution in [0.15, 0.2) is 18.2 Å². The maximum absolute atomic E-state index is 12.3. The fraction of sp³-hybridized carbons (Fsp3) is 0.650. The van der Waals surface area contributed by atoms with Gasteiger partial charge in [0.15, 0.2) is 11.5 Å². The number of nitrogens with zero attached hydrogens (tertiary/aromatic N) is 1. The van der Waals surface area contributed by atoms with Crippen molar-refractivity contribution in [3.63, 3.8) is 0 Å². The van der Waals surface area contributed by atoms with Crippen LogP contribution in [-0.4, -0.2) is 63.9 Å². The number of benzene rings is 1. The molecule has 1 heterocycles. The highest BCUT2D eigenvalue weighted by Gasteiger charge is 2.24. The number of aryl methyl sites for hydroxylation is 1. The Morgan fingerprint density at radius 1 is 1.19 bits per heavy atom. The second-order valence-electron chi connectivity index (χ2n) is 6.95. The molecule has 1 aromatic rings. The van der Waals surface area contributed by atoms with Crippen molar-refractivity contribution in [1.82, 2.24) is 10.2 Å². The van der Waals surface area contributed by atoms with E-state index in [2.05, 4.69) is 24.1 Å². The number of methoxy groups -OCH3 is 2. The highest BCUT2D eigenvalue weighted by atomic mass is 16.5. The molecule has 0 saturated carbocycles. The molecule has 1 aromatic carbocycles. The Morgan fingerprint density at radius 2 is 1.88 bits per heavy atom. The van der Waals surface area contributed by atoms with Gasteiger partial charge in [-0.05, 0) is 30.0 Å². The van der Waals surface area contributed by atoms with Crippen LogP contribution < -0.4 is 14.8 Å². The molecule has 0 bridgehead atoms. The molecule has 6 nitrogen and oxygen atoms in total. The number of ether oxygens (including phenoxy) is 3. The summed E-state index contributed by atoms with van der Waals surface area (Å²) >= 11 is 0. The van der Waals surface area contributed by atoms with Crippen molar-refractivity contribution < 1.29 is 19.0 Å². The van der Waals surface area contributed by atoms with E-state index in [4.69, 9.17) is 14.2 Å². The molecule has 0 aromatic heterocycles. The van der Waals surface area contributed by atoms with Gasteiger partial charge >= 0.3 is 0 Å². The monoisotopic (exact) mass is 364 g/mol. The van der Waals surface area contributed by atoms with Gasteiger partial charge in [-0.3, -0.25) is 9.69 Å². The van der Waals surface area contributed by atoms with E-state index in [1.165, 1.54) is 0 Å². The molecule has 0 spiro atoms. The largest absolute Gasteiger partial charge is 0.493 e. The van der Waals surface area contributed by atoms with Crippen LogP contribution in [0.2, 0.25) is 0 Å². The van der Waals surface area contributed by atoms with E-state index in [1.54, 1.807) is 14.2 Å². The van der Waals surface area contributed by atoms with Gasteiger partial charge in [0, 0.05) is 32.1 Å². The average molecular weight is 364 g/mol. The van der Waals surface area contributed by atoms with Crippen molar-refractivity contribution in [2.45, 2.75) is 32.7 Å². The molecule has 1 fully saturated rings. The molecular weight excluding hydrogens is 332 g/mol. The number of carbonyl (C=O) groups is 1. The van der Waals surface area contributed by atoms with Crippen LogP contribution in [0.1, 0.15) is 25.8 Å². The van der Waals surface area contributed by atoms with Crippen LogP contribution in [0, 0.1) is 5.92 Å². The van der Waals surface area contributed by atoms with Gasteiger partial charge in [-0.2, -0.15) is 0 Å². The minimum Gasteiger partial charge on any atom is -0.493 e. The third-order valence-electron chi connectivity index (χ3n) is 4.88. The fourth-order valence-electron chi connectivity index (χ4n) is 3.30. The molecule has 0 aliphatic carbocycles. The van der Waals surface area contributed by atoms with Crippen LogP contribution in [0.5, 0.6) is 11.5 Å². The number of nitrogens with one attached hydrogen (secondary N) is 1. The molecule has 1 saturated heterocycles. The zero-order valence-electron chi connectivity index (χ0n) is 16.4. The topological polar surface area (TPSA) is 60.0 Å². The van der Waals surface area contributed by atoms with Crippen molar-refractivity contribution in [1.29, 1.82) is 0 Å². The molecule has 1 aliphatic rings. The Bertz CT molecular complexity index is 571. The summed E-state index contributed by atoms with van der Waals surface area (Å²) in [6, 6.07) is 6.12. The van der Waals surface area contributed by atoms with E-state index >= 15 is 0 Å². The number of rotatable bonds is 9. The molecule has 2 rings (SSSR count). The second kappa shape index (κ2) is 10.4. The highest BCUT2D eigenvalue weighted by molar-refractivity contribution is 5.76. The van der Waals surface area contributed by atoms with Gasteiger partial charge in [0.05, 0.1) is 27.4 Å². The van der Waals surface area contributed by atoms with E-state index < -0.39 is 0 Å². The van der Waals surface area contributed by atoms with Crippen LogP contribution >= 0.6 is 0 Å². The van der Waals surface area contributed by atoms with E-state index in [0.29, 0.717) is 42.8 Å². The first-order valence-corrected chi connectivity index (χ1v) is 9.34. The first-order valence-electron chi connectivity index (χ1n) is 9.34. The van der Waals surface area contributed by atoms with Gasteiger partial charge in [0.2, 0.25) is 5.91 Å². The SMILES string of the molecule is COc1ccc(CCC(=O)NCC(C(C)C)N2CCOCC2)cc1OC. The molecule has 1 amide bonds. The van der Waals surface area contributed by atoms with Gasteiger partial charge in [0.1, 0.15) is 0 Å². The van der Waals surface area contributed by atoms with Crippen molar-refractivity contribution in [2.75, 3.05) is 47.1 Å². The Hall–Kier alpha value is -1.79. The molecule has 26 heavy (non-hydrogen) atoms. The lowest BCUT2D eigenvalue weighted by Crippen LogP contribution is -2.51. The lowest BCUT2D eigenvalue weighted by atomic mass is 10.0. The zero-order valence-corrected chi connectivity index (χ0v) is 16.4. The van der Waals surface area contributed by atoms with Gasteiger partial charge < -0.3 is 19.5 Å². The summed E-state index contributed by atoms with van der Waals surface area (Å²) in [6.45, 7) is 8.51. The van der Waals surface area contributed by atoms with E-state index in [-0.39, 0.29) is 5.91 Å². The average Bonchev–Trinajstić information content (AvgIpc) is 2.66. The van der Waals surface area contributed by atoms with Crippen LogP contribution in [0.4, 0.5) is 0 Å². The number of carbonyl (C=O) groups excluding carboxylic acids is 1. The fourth-order valence-corrected chi connectivity index (χ4v) is 3.30. The van der Waals surface area contributed by atoms with Gasteiger partial charge in [0.25, 0.3) is 0 Å². The first-order chi connectivity index (χ1) is 12.5. The van der Waals surface area contributed by atoms with Gasteiger partial charge in [-0.25, -0.2) is 0 Å². The summed E-state index contributed by atoms with van der Waals surface area (Å²) in [4.78, 5) is 14.7. The summed E-state index contributed by atoms with van der Waals surface area (Å²) < 4.78 is 16.0. The van der Waals surface area contributed by atoms with Crippen LogP contribution in [-0.2, 0) is 16.0 Å². The number of morpholine rings is 1. The normalized spacial score (nSPS) is 16.3. The highest BCUT2D eigenvalue weighted by Crippen LogP contribution is 2.27. The van der Waals surface area contributed by atoms with Crippen molar-refractivity contribution >= 4 is 5.91 Å². The van der Waals surface area contributed by atoms with Gasteiger partial charge in [-0.1, -0.05) is 19.9 Å². The summed E-state index contributed by atoms with van der Waals surface area (Å²) in [5, 5.41) is 3.11. The molecular formula is C20H32N2O4. The molecule has 6 heteroatoms. The molecule has 1 atom stereocenters. The van der Waals surface area contributed by atoms with E-state index in [9.17, 15) is 4.79 Å². The Labute approximate surface area is 156 Å². The predicted octanol–water partition coefficient (Wildman–Crippen LogP) is 2.11. The summed E-state index contributed by atoms with van der Waals surface area (Å²) in [7, 11) is 3.23. The van der Waals surface area contributed by atoms with Crippen LogP contribution in [0.25, 0.3) is 0 Å². The minimum absolute atomic E-state index is 0.0821. The standard InChI is InChI=1S/C20H32N2O4/c1-15(2)17(22-9-11-26-12-10-22)14-21-20(23)8-6-16-5-7-18(24-3)19(13-16)25-4/h5,7,13,15,17H,6,8-12,14H2,1-4H3,(H,21,23). The number of hydrogen-bond donors (Lipinski definition) is 1. The summed E-state index contributed by atoms with van der Waals surface area (Å²) in [5.41, 5.74) is 1.06. The van der Waals surface area contributed by atoms with Crippen molar-refractivity contribution in [3.05, 3.63) is 23.8 Å². The molecule has 1 N–H and O–H groups in total. The second-order valence-corrected chi connectivity index (χ2v) is 6.95. The van der Waals surface area contributed by atoms with Gasteiger partial charge in [-0.15, -0.1) is 0 Å². The lowest BCUT2D eigenvalue weighted by Gasteiger charge is -2.36. The lowest BCUT2D eigenvalue weighted by molar-refractivity contribution is -0.121. The van der Waals surface area contributed by atoms with Crippen LogP contribution in [0.3, 0.4) is 0 Å². The Balaban J connectivity index is 1.82. The Kier molecular flexibility index (Phi) is 8.19. The smallest absolute Gasteiger partial charge is 0.220 e. The number of amides is 1. The third-order valence-corrected chi connectivity index (χ3v) is 4.88. The summed E-state index contributed by atoms with van der Waals surface area (Å²) in [5.74, 6) is 1.96. The Morgan fingerprint density at radius 3 is 2.50 bits per heavy atom. The minimum atomic E-state index is 0.0821. The predicted molar refractivity (Wildman–Crippen MR) is 102 cm³/mol. The van der Waals surface area contributed by atoms with E-state index in [1.807, 2.05) is 18.2 Å². The molecule has 146 valence electrons. The van der Waals surface area contributed by atoms with Crippen molar-refractivity contribution in [3.8, 4) is 11.5 Å². The molecule has 1 unspecified atom stereocenters. The molecule has 0 radical (unpaired) electrons. The first kappa shape index (κ1) is 20.5. The van der Waals surface area contributed by atoms with Crippen molar-refractivity contribution in [2.24, 2.45) is 5.92 Å².